The first-order valence-electron chi connectivity index (χ1n) is 7.97. The summed E-state index contributed by atoms with van der Waals surface area (Å²) >= 11 is 5.45. The number of benzene rings is 1. The highest BCUT2D eigenvalue weighted by Gasteiger charge is 2.41. The molecule has 5 nitrogen and oxygen atoms in total. The zero-order valence-corrected chi connectivity index (χ0v) is 14.6. The molecule has 1 aliphatic rings. The molecule has 1 aromatic heterocycles. The predicted molar refractivity (Wildman–Crippen MR) is 89.3 cm³/mol. The molecule has 2 aromatic rings. The summed E-state index contributed by atoms with van der Waals surface area (Å²) in [6.45, 7) is 0.830. The number of halogens is 3. The third kappa shape index (κ3) is 3.87. The zero-order chi connectivity index (χ0) is 18.0. The number of nitrogens with zero attached hydrogens (tertiary/aromatic N) is 4. The molecule has 1 aliphatic heterocycles. The minimum atomic E-state index is -4.16. The Balaban J connectivity index is 1.79. The smallest absolute Gasteiger partial charge is 0.393 e. The fraction of sp³-hybridized carbons (Fsp3) is 0.500. The van der Waals surface area contributed by atoms with Crippen LogP contribution in [0.5, 0.6) is 5.75 Å². The number of methoxy groups -OCH3 is 1. The molecule has 136 valence electrons. The molecule has 2 heterocycles. The summed E-state index contributed by atoms with van der Waals surface area (Å²) < 4.78 is 47.8. The lowest BCUT2D eigenvalue weighted by atomic mass is 9.98. The van der Waals surface area contributed by atoms with E-state index < -0.39 is 12.1 Å². The van der Waals surface area contributed by atoms with E-state index in [0.717, 1.165) is 5.69 Å². The van der Waals surface area contributed by atoms with E-state index in [4.69, 9.17) is 17.0 Å². The van der Waals surface area contributed by atoms with E-state index >= 15 is 0 Å². The van der Waals surface area contributed by atoms with Gasteiger partial charge in [0.25, 0.3) is 0 Å². The third-order valence-corrected chi connectivity index (χ3v) is 4.79. The molecule has 0 N–H and O–H groups in total. The highest BCUT2D eigenvalue weighted by molar-refractivity contribution is 7.71. The first kappa shape index (κ1) is 17.9. The lowest BCUT2D eigenvalue weighted by Gasteiger charge is -2.33. The van der Waals surface area contributed by atoms with Gasteiger partial charge in [-0.3, -0.25) is 9.47 Å². The van der Waals surface area contributed by atoms with Crippen molar-refractivity contribution in [3.8, 4) is 11.4 Å². The van der Waals surface area contributed by atoms with Crippen molar-refractivity contribution in [2.75, 3.05) is 20.2 Å². The Morgan fingerprint density at radius 1 is 1.32 bits per heavy atom. The van der Waals surface area contributed by atoms with Crippen LogP contribution in [0.3, 0.4) is 0 Å². The molecule has 1 aromatic carbocycles. The number of para-hydroxylation sites is 2. The van der Waals surface area contributed by atoms with Crippen molar-refractivity contribution in [1.82, 2.24) is 19.2 Å². The van der Waals surface area contributed by atoms with Crippen LogP contribution in [0.1, 0.15) is 12.8 Å². The molecule has 1 saturated heterocycles. The fourth-order valence-corrected chi connectivity index (χ4v) is 3.32. The van der Waals surface area contributed by atoms with Crippen LogP contribution in [0, 0.1) is 10.7 Å². The van der Waals surface area contributed by atoms with Crippen LogP contribution in [-0.4, -0.2) is 45.6 Å². The summed E-state index contributed by atoms with van der Waals surface area (Å²) in [6, 6.07) is 7.37. The summed E-state index contributed by atoms with van der Waals surface area (Å²) in [7, 11) is 1.57. The molecule has 9 heteroatoms. The Kier molecular flexibility index (Phi) is 5.14. The molecule has 1 atom stereocenters. The topological polar surface area (TPSA) is 35.2 Å². The van der Waals surface area contributed by atoms with Crippen LogP contribution < -0.4 is 4.74 Å². The maximum atomic E-state index is 13.0. The normalized spacial score (nSPS) is 19.1. The Bertz CT molecular complexity index is 786. The van der Waals surface area contributed by atoms with E-state index in [1.165, 1.54) is 0 Å². The number of alkyl halides is 3. The van der Waals surface area contributed by atoms with Gasteiger partial charge in [0.15, 0.2) is 0 Å². The van der Waals surface area contributed by atoms with Crippen LogP contribution in [0.4, 0.5) is 13.2 Å². The Morgan fingerprint density at radius 3 is 2.80 bits per heavy atom. The Morgan fingerprint density at radius 2 is 2.08 bits per heavy atom. The first-order valence-corrected chi connectivity index (χ1v) is 8.38. The third-order valence-electron chi connectivity index (χ3n) is 4.38. The van der Waals surface area contributed by atoms with Crippen molar-refractivity contribution in [3.05, 3.63) is 35.4 Å². The van der Waals surface area contributed by atoms with Crippen molar-refractivity contribution in [2.45, 2.75) is 25.7 Å². The maximum Gasteiger partial charge on any atom is 0.393 e. The molecular formula is C16H19F3N4OS. The van der Waals surface area contributed by atoms with Gasteiger partial charge in [-0.25, -0.2) is 4.68 Å². The molecule has 0 aliphatic carbocycles. The molecule has 1 fully saturated rings. The van der Waals surface area contributed by atoms with Gasteiger partial charge < -0.3 is 4.74 Å². The van der Waals surface area contributed by atoms with Gasteiger partial charge in [-0.1, -0.05) is 12.1 Å². The van der Waals surface area contributed by atoms with Gasteiger partial charge in [-0.15, -0.1) is 0 Å². The van der Waals surface area contributed by atoms with Crippen LogP contribution in [0.2, 0.25) is 0 Å². The largest absolute Gasteiger partial charge is 0.495 e. The van der Waals surface area contributed by atoms with Crippen LogP contribution in [0.15, 0.2) is 30.6 Å². The number of aromatic nitrogens is 3. The van der Waals surface area contributed by atoms with E-state index in [2.05, 4.69) is 5.10 Å². The van der Waals surface area contributed by atoms with Gasteiger partial charge in [0.2, 0.25) is 4.77 Å². The zero-order valence-electron chi connectivity index (χ0n) is 13.7. The molecule has 0 bridgehead atoms. The van der Waals surface area contributed by atoms with Gasteiger partial charge in [-0.2, -0.15) is 18.3 Å². The lowest BCUT2D eigenvalue weighted by molar-refractivity contribution is -0.188. The highest BCUT2D eigenvalue weighted by atomic mass is 32.1. The van der Waals surface area contributed by atoms with Gasteiger partial charge in [-0.05, 0) is 43.7 Å². The van der Waals surface area contributed by atoms with Crippen molar-refractivity contribution in [3.63, 3.8) is 0 Å². The summed E-state index contributed by atoms with van der Waals surface area (Å²) in [6.07, 6.45) is -1.89. The average Bonchev–Trinajstić information content (AvgIpc) is 2.95. The van der Waals surface area contributed by atoms with Crippen LogP contribution in [0.25, 0.3) is 5.69 Å². The van der Waals surface area contributed by atoms with E-state index in [1.54, 1.807) is 27.6 Å². The van der Waals surface area contributed by atoms with Crippen LogP contribution >= 0.6 is 12.2 Å². The van der Waals surface area contributed by atoms with Crippen molar-refractivity contribution in [2.24, 2.45) is 5.92 Å². The van der Waals surface area contributed by atoms with Crippen molar-refractivity contribution >= 4 is 12.2 Å². The Labute approximate surface area is 148 Å². The van der Waals surface area contributed by atoms with E-state index in [-0.39, 0.29) is 19.6 Å². The number of piperidine rings is 1. The minimum Gasteiger partial charge on any atom is -0.495 e. The summed E-state index contributed by atoms with van der Waals surface area (Å²) in [5, 5.41) is 4.25. The lowest BCUT2D eigenvalue weighted by Crippen LogP contribution is -2.42. The number of rotatable bonds is 4. The highest BCUT2D eigenvalue weighted by Crippen LogP contribution is 2.33. The monoisotopic (exact) mass is 372 g/mol. The number of likely N-dealkylation sites (tertiary alicyclic amines) is 1. The Hall–Kier alpha value is -1.87. The molecule has 0 saturated carbocycles. The molecule has 0 spiro atoms. The summed E-state index contributed by atoms with van der Waals surface area (Å²) in [5.74, 6) is -0.639. The van der Waals surface area contributed by atoms with E-state index in [1.807, 2.05) is 24.3 Å². The molecule has 0 radical (unpaired) electrons. The van der Waals surface area contributed by atoms with Gasteiger partial charge in [0.1, 0.15) is 12.1 Å². The second-order valence-corrected chi connectivity index (χ2v) is 6.42. The van der Waals surface area contributed by atoms with Crippen molar-refractivity contribution in [1.29, 1.82) is 0 Å². The number of hydrogen-bond donors (Lipinski definition) is 0. The minimum absolute atomic E-state index is 0.0210. The standard InChI is InChI=1S/C16H19F3N4OS/c1-24-14-7-3-2-6-13(14)22-10-20-23(15(22)25)11-21-8-4-5-12(9-21)16(17,18)19/h2-3,6-7,10,12H,4-5,8-9,11H2,1H3/t12-/m0/s1. The molecular weight excluding hydrogens is 353 g/mol. The molecule has 25 heavy (non-hydrogen) atoms. The fourth-order valence-electron chi connectivity index (χ4n) is 3.07. The first-order chi connectivity index (χ1) is 11.9. The van der Waals surface area contributed by atoms with E-state index in [9.17, 15) is 13.2 Å². The van der Waals surface area contributed by atoms with E-state index in [0.29, 0.717) is 23.5 Å². The molecule has 0 amide bonds. The predicted octanol–water partition coefficient (Wildman–Crippen LogP) is 3.64. The average molecular weight is 372 g/mol. The summed E-state index contributed by atoms with van der Waals surface area (Å²) in [4.78, 5) is 1.75. The van der Waals surface area contributed by atoms with Gasteiger partial charge >= 0.3 is 6.18 Å². The maximum absolute atomic E-state index is 13.0. The number of hydrogen-bond acceptors (Lipinski definition) is 4. The SMILES string of the molecule is COc1ccccc1-n1cnn(CN2CCC[C@H](C(F)(F)F)C2)c1=S. The number of ether oxygens (including phenoxy) is 1. The van der Waals surface area contributed by atoms with Crippen LogP contribution in [-0.2, 0) is 6.67 Å². The quantitative estimate of drug-likeness (QED) is 0.768. The van der Waals surface area contributed by atoms with Gasteiger partial charge in [0.05, 0.1) is 25.4 Å². The molecule has 3 rings (SSSR count). The second kappa shape index (κ2) is 7.17. The van der Waals surface area contributed by atoms with Gasteiger partial charge in [0, 0.05) is 6.54 Å². The van der Waals surface area contributed by atoms with Crippen molar-refractivity contribution < 1.29 is 17.9 Å². The summed E-state index contributed by atoms with van der Waals surface area (Å²) in [5.41, 5.74) is 0.744. The molecule has 0 unspecified atom stereocenters. The second-order valence-electron chi connectivity index (χ2n) is 6.05.